The first-order chi connectivity index (χ1) is 9.25. The van der Waals surface area contributed by atoms with E-state index in [0.717, 1.165) is 31.6 Å². The Kier molecular flexibility index (Phi) is 3.51. The Labute approximate surface area is 114 Å². The second-order valence-corrected chi connectivity index (χ2v) is 5.61. The summed E-state index contributed by atoms with van der Waals surface area (Å²) in [5, 5.41) is 0. The molecule has 2 fully saturated rings. The van der Waals surface area contributed by atoms with Crippen LogP contribution in [0.15, 0.2) is 18.3 Å². The molecule has 2 aliphatic rings. The highest BCUT2D eigenvalue weighted by Gasteiger charge is 2.31. The predicted molar refractivity (Wildman–Crippen MR) is 74.1 cm³/mol. The minimum absolute atomic E-state index is 0.104. The zero-order valence-electron chi connectivity index (χ0n) is 11.5. The number of rotatable bonds is 1. The Hall–Kier alpha value is -1.42. The fourth-order valence-electron chi connectivity index (χ4n) is 3.25. The highest BCUT2D eigenvalue weighted by atomic mass is 16.2. The van der Waals surface area contributed by atoms with Crippen LogP contribution in [0.25, 0.3) is 0 Å². The van der Waals surface area contributed by atoms with Gasteiger partial charge in [-0.3, -0.25) is 14.7 Å². The largest absolute Gasteiger partial charge is 0.336 e. The summed E-state index contributed by atoms with van der Waals surface area (Å²) in [7, 11) is 0. The van der Waals surface area contributed by atoms with Gasteiger partial charge in [0.15, 0.2) is 0 Å². The highest BCUT2D eigenvalue weighted by molar-refractivity contribution is 5.93. The third-order valence-corrected chi connectivity index (χ3v) is 4.30. The van der Waals surface area contributed by atoms with Crippen LogP contribution >= 0.6 is 0 Å². The summed E-state index contributed by atoms with van der Waals surface area (Å²) in [6, 6.07) is 4.41. The lowest BCUT2D eigenvalue weighted by molar-refractivity contribution is 0.0737. The molecule has 3 rings (SSSR count). The Morgan fingerprint density at radius 1 is 1.32 bits per heavy atom. The third kappa shape index (κ3) is 2.50. The van der Waals surface area contributed by atoms with E-state index in [1.54, 1.807) is 6.20 Å². The Bertz CT molecular complexity index is 474. The average molecular weight is 259 g/mol. The van der Waals surface area contributed by atoms with Crippen LogP contribution in [-0.4, -0.2) is 52.9 Å². The van der Waals surface area contributed by atoms with Gasteiger partial charge < -0.3 is 4.90 Å². The van der Waals surface area contributed by atoms with Crippen molar-refractivity contribution in [3.8, 4) is 0 Å². The molecule has 102 valence electrons. The van der Waals surface area contributed by atoms with E-state index in [4.69, 9.17) is 0 Å². The molecule has 1 atom stereocenters. The van der Waals surface area contributed by atoms with Crippen molar-refractivity contribution in [1.82, 2.24) is 14.8 Å². The van der Waals surface area contributed by atoms with Gasteiger partial charge in [0.05, 0.1) is 0 Å². The van der Waals surface area contributed by atoms with Crippen molar-refractivity contribution in [2.45, 2.75) is 32.2 Å². The number of amides is 1. The van der Waals surface area contributed by atoms with Crippen LogP contribution in [0.1, 0.15) is 35.3 Å². The topological polar surface area (TPSA) is 36.4 Å². The van der Waals surface area contributed by atoms with Gasteiger partial charge in [-0.05, 0) is 44.4 Å². The summed E-state index contributed by atoms with van der Waals surface area (Å²) in [4.78, 5) is 21.4. The van der Waals surface area contributed by atoms with E-state index in [9.17, 15) is 4.79 Å². The van der Waals surface area contributed by atoms with E-state index in [0.29, 0.717) is 11.7 Å². The number of aromatic nitrogens is 1. The van der Waals surface area contributed by atoms with Gasteiger partial charge in [0, 0.05) is 31.9 Å². The van der Waals surface area contributed by atoms with E-state index < -0.39 is 0 Å². The molecule has 0 radical (unpaired) electrons. The summed E-state index contributed by atoms with van der Waals surface area (Å²) < 4.78 is 0. The number of hydrogen-bond acceptors (Lipinski definition) is 3. The third-order valence-electron chi connectivity index (χ3n) is 4.30. The van der Waals surface area contributed by atoms with Crippen molar-refractivity contribution in [2.24, 2.45) is 0 Å². The van der Waals surface area contributed by atoms with E-state index >= 15 is 0 Å². The normalized spacial score (nSPS) is 24.1. The van der Waals surface area contributed by atoms with Gasteiger partial charge in [0.2, 0.25) is 0 Å². The molecule has 4 nitrogen and oxygen atoms in total. The molecule has 0 spiro atoms. The van der Waals surface area contributed by atoms with Crippen LogP contribution < -0.4 is 0 Å². The summed E-state index contributed by atoms with van der Waals surface area (Å²) in [5.74, 6) is 0.104. The molecular weight excluding hydrogens is 238 g/mol. The first-order valence-electron chi connectivity index (χ1n) is 7.20. The maximum absolute atomic E-state index is 12.6. The lowest BCUT2D eigenvalue weighted by atomic mass is 10.1. The Morgan fingerprint density at radius 3 is 3.00 bits per heavy atom. The van der Waals surface area contributed by atoms with Crippen LogP contribution in [-0.2, 0) is 0 Å². The molecule has 3 heterocycles. The standard InChI is InChI=1S/C15H21N3O/c1-12-5-2-7-16-14(12)15(19)18-10-4-9-17-8-3-6-13(17)11-18/h2,5,7,13H,3-4,6,8-11H2,1H3/t13-/m0/s1. The van der Waals surface area contributed by atoms with Crippen LogP contribution in [0.5, 0.6) is 0 Å². The molecule has 0 aromatic carbocycles. The average Bonchev–Trinajstić information content (AvgIpc) is 2.76. The number of hydrogen-bond donors (Lipinski definition) is 0. The minimum atomic E-state index is 0.104. The van der Waals surface area contributed by atoms with Gasteiger partial charge in [-0.2, -0.15) is 0 Å². The molecule has 1 aromatic rings. The van der Waals surface area contributed by atoms with E-state index in [-0.39, 0.29) is 5.91 Å². The molecule has 0 saturated carbocycles. The summed E-state index contributed by atoms with van der Waals surface area (Å²) in [5.41, 5.74) is 1.59. The Morgan fingerprint density at radius 2 is 2.16 bits per heavy atom. The smallest absolute Gasteiger partial charge is 0.272 e. The van der Waals surface area contributed by atoms with Gasteiger partial charge >= 0.3 is 0 Å². The van der Waals surface area contributed by atoms with E-state index in [1.807, 2.05) is 24.0 Å². The van der Waals surface area contributed by atoms with Crippen LogP contribution in [0.4, 0.5) is 0 Å². The SMILES string of the molecule is Cc1cccnc1C(=O)N1CCCN2CCC[C@H]2C1. The fourth-order valence-corrected chi connectivity index (χ4v) is 3.25. The maximum atomic E-state index is 12.6. The molecule has 2 saturated heterocycles. The van der Waals surface area contributed by atoms with Crippen molar-refractivity contribution in [3.63, 3.8) is 0 Å². The lowest BCUT2D eigenvalue weighted by Gasteiger charge is -2.25. The lowest BCUT2D eigenvalue weighted by Crippen LogP contribution is -2.40. The first-order valence-corrected chi connectivity index (χ1v) is 7.20. The van der Waals surface area contributed by atoms with Crippen molar-refractivity contribution in [1.29, 1.82) is 0 Å². The molecule has 19 heavy (non-hydrogen) atoms. The summed E-state index contributed by atoms with van der Waals surface area (Å²) >= 11 is 0. The monoisotopic (exact) mass is 259 g/mol. The van der Waals surface area contributed by atoms with Crippen molar-refractivity contribution in [2.75, 3.05) is 26.2 Å². The van der Waals surface area contributed by atoms with E-state index in [1.165, 1.54) is 19.4 Å². The maximum Gasteiger partial charge on any atom is 0.272 e. The van der Waals surface area contributed by atoms with Gasteiger partial charge in [-0.15, -0.1) is 0 Å². The second-order valence-electron chi connectivity index (χ2n) is 5.61. The second kappa shape index (κ2) is 5.29. The van der Waals surface area contributed by atoms with Crippen molar-refractivity contribution >= 4 is 5.91 Å². The quantitative estimate of drug-likeness (QED) is 0.770. The molecule has 4 heteroatoms. The number of carbonyl (C=O) groups excluding carboxylic acids is 1. The fraction of sp³-hybridized carbons (Fsp3) is 0.600. The first kappa shape index (κ1) is 12.6. The van der Waals surface area contributed by atoms with Gasteiger partial charge in [0.25, 0.3) is 5.91 Å². The number of nitrogens with zero attached hydrogens (tertiary/aromatic N) is 3. The zero-order chi connectivity index (χ0) is 13.2. The van der Waals surface area contributed by atoms with E-state index in [2.05, 4.69) is 9.88 Å². The van der Waals surface area contributed by atoms with Gasteiger partial charge in [-0.25, -0.2) is 0 Å². The molecule has 0 bridgehead atoms. The zero-order valence-corrected chi connectivity index (χ0v) is 11.5. The number of fused-ring (bicyclic) bond motifs is 1. The summed E-state index contributed by atoms with van der Waals surface area (Å²) in [6.07, 6.45) is 5.29. The van der Waals surface area contributed by atoms with Crippen LogP contribution in [0, 0.1) is 6.92 Å². The molecule has 0 N–H and O–H groups in total. The van der Waals surface area contributed by atoms with Crippen LogP contribution in [0.2, 0.25) is 0 Å². The van der Waals surface area contributed by atoms with Gasteiger partial charge in [-0.1, -0.05) is 6.07 Å². The summed E-state index contributed by atoms with van der Waals surface area (Å²) in [6.45, 7) is 6.03. The number of pyridine rings is 1. The van der Waals surface area contributed by atoms with Crippen LogP contribution in [0.3, 0.4) is 0 Å². The highest BCUT2D eigenvalue weighted by Crippen LogP contribution is 2.22. The van der Waals surface area contributed by atoms with Crippen molar-refractivity contribution in [3.05, 3.63) is 29.6 Å². The van der Waals surface area contributed by atoms with Gasteiger partial charge in [0.1, 0.15) is 5.69 Å². The predicted octanol–water partition coefficient (Wildman–Crippen LogP) is 1.70. The molecule has 0 aliphatic carbocycles. The molecule has 2 aliphatic heterocycles. The molecule has 0 unspecified atom stereocenters. The number of carbonyl (C=O) groups is 1. The Balaban J connectivity index is 1.78. The molecular formula is C15H21N3O. The number of aryl methyl sites for hydroxylation is 1. The molecule has 1 amide bonds. The minimum Gasteiger partial charge on any atom is -0.336 e. The van der Waals surface area contributed by atoms with Crippen molar-refractivity contribution < 1.29 is 4.79 Å². The molecule has 1 aromatic heterocycles.